The highest BCUT2D eigenvalue weighted by Crippen LogP contribution is 2.28. The molecule has 0 saturated heterocycles. The van der Waals surface area contributed by atoms with E-state index in [2.05, 4.69) is 5.32 Å². The van der Waals surface area contributed by atoms with Gasteiger partial charge in [-0.3, -0.25) is 4.79 Å². The molecule has 1 aromatic carbocycles. The molecule has 0 spiro atoms. The summed E-state index contributed by atoms with van der Waals surface area (Å²) in [6.45, 7) is 1.95. The Morgan fingerprint density at radius 2 is 2.10 bits per heavy atom. The fourth-order valence-electron chi connectivity index (χ4n) is 2.95. The second-order valence-corrected chi connectivity index (χ2v) is 6.04. The largest absolute Gasteiger partial charge is 0.389 e. The highest BCUT2D eigenvalue weighted by Gasteiger charge is 2.17. The number of benzene rings is 1. The molecule has 4 heteroatoms. The molecule has 0 atom stereocenters. The van der Waals surface area contributed by atoms with Crippen molar-refractivity contribution in [3.63, 3.8) is 0 Å². The summed E-state index contributed by atoms with van der Waals surface area (Å²) in [7, 11) is 0. The van der Waals surface area contributed by atoms with Gasteiger partial charge in [0.1, 0.15) is 4.99 Å². The minimum absolute atomic E-state index is 0.0556. The molecule has 1 aromatic rings. The second-order valence-electron chi connectivity index (χ2n) is 5.60. The van der Waals surface area contributed by atoms with E-state index in [1.165, 1.54) is 25.7 Å². The van der Waals surface area contributed by atoms with Crippen LogP contribution in [0.25, 0.3) is 0 Å². The molecule has 0 unspecified atom stereocenters. The first-order chi connectivity index (χ1) is 9.58. The zero-order chi connectivity index (χ0) is 14.5. The first kappa shape index (κ1) is 15.0. The number of amides is 1. The van der Waals surface area contributed by atoms with Gasteiger partial charge >= 0.3 is 0 Å². The fraction of sp³-hybridized carbons (Fsp3) is 0.500. The monoisotopic (exact) mass is 290 g/mol. The summed E-state index contributed by atoms with van der Waals surface area (Å²) in [5.74, 6) is 0.785. The fourth-order valence-corrected chi connectivity index (χ4v) is 3.22. The maximum Gasteiger partial charge on any atom is 0.224 e. The minimum atomic E-state index is 0.0556. The van der Waals surface area contributed by atoms with Gasteiger partial charge in [0.15, 0.2) is 0 Å². The summed E-state index contributed by atoms with van der Waals surface area (Å²) in [5.41, 5.74) is 8.24. The lowest BCUT2D eigenvalue weighted by Crippen LogP contribution is -2.19. The van der Waals surface area contributed by atoms with E-state index in [4.69, 9.17) is 18.0 Å². The van der Waals surface area contributed by atoms with Crippen LogP contribution in [0.5, 0.6) is 0 Å². The Balaban J connectivity index is 1.96. The summed E-state index contributed by atoms with van der Waals surface area (Å²) >= 11 is 5.07. The summed E-state index contributed by atoms with van der Waals surface area (Å²) in [6, 6.07) is 5.71. The SMILES string of the molecule is Cc1cccc(NC(=O)CCC2CCCC2)c1C(N)=S. The zero-order valence-corrected chi connectivity index (χ0v) is 12.8. The molecular formula is C16H22N2OS. The molecule has 3 N–H and O–H groups in total. The highest BCUT2D eigenvalue weighted by atomic mass is 32.1. The van der Waals surface area contributed by atoms with Crippen molar-refractivity contribution < 1.29 is 4.79 Å². The van der Waals surface area contributed by atoms with Crippen LogP contribution in [0.2, 0.25) is 0 Å². The molecule has 20 heavy (non-hydrogen) atoms. The van der Waals surface area contributed by atoms with E-state index in [-0.39, 0.29) is 5.91 Å². The zero-order valence-electron chi connectivity index (χ0n) is 11.9. The molecule has 1 aliphatic carbocycles. The van der Waals surface area contributed by atoms with Crippen molar-refractivity contribution in [2.24, 2.45) is 11.7 Å². The van der Waals surface area contributed by atoms with Crippen molar-refractivity contribution >= 4 is 28.8 Å². The molecule has 2 rings (SSSR count). The molecule has 1 saturated carbocycles. The van der Waals surface area contributed by atoms with Crippen LogP contribution < -0.4 is 11.1 Å². The number of nitrogens with two attached hydrogens (primary N) is 1. The molecule has 1 fully saturated rings. The van der Waals surface area contributed by atoms with E-state index >= 15 is 0 Å². The number of thiocarbonyl (C=S) groups is 1. The van der Waals surface area contributed by atoms with Gasteiger partial charge in [-0.1, -0.05) is 50.0 Å². The third-order valence-corrected chi connectivity index (χ3v) is 4.25. The molecule has 0 aromatic heterocycles. The molecule has 0 bridgehead atoms. The van der Waals surface area contributed by atoms with Crippen molar-refractivity contribution in [2.75, 3.05) is 5.32 Å². The topological polar surface area (TPSA) is 55.1 Å². The predicted octanol–water partition coefficient (Wildman–Crippen LogP) is 3.54. The van der Waals surface area contributed by atoms with E-state index < -0.39 is 0 Å². The van der Waals surface area contributed by atoms with E-state index in [0.29, 0.717) is 11.4 Å². The smallest absolute Gasteiger partial charge is 0.224 e. The van der Waals surface area contributed by atoms with Gasteiger partial charge in [-0.15, -0.1) is 0 Å². The van der Waals surface area contributed by atoms with E-state index in [1.807, 2.05) is 25.1 Å². The molecule has 1 amide bonds. The van der Waals surface area contributed by atoms with Crippen LogP contribution in [0.3, 0.4) is 0 Å². The number of carbonyl (C=O) groups is 1. The number of hydrogen-bond acceptors (Lipinski definition) is 2. The van der Waals surface area contributed by atoms with Crippen LogP contribution in [0, 0.1) is 12.8 Å². The van der Waals surface area contributed by atoms with E-state index in [0.717, 1.165) is 29.2 Å². The average Bonchev–Trinajstić information content (AvgIpc) is 2.89. The van der Waals surface area contributed by atoms with Gasteiger partial charge in [-0.2, -0.15) is 0 Å². The summed E-state index contributed by atoms with van der Waals surface area (Å²) in [6.07, 6.45) is 6.74. The predicted molar refractivity (Wildman–Crippen MR) is 86.9 cm³/mol. The molecule has 0 radical (unpaired) electrons. The molecule has 108 valence electrons. The van der Waals surface area contributed by atoms with E-state index in [1.54, 1.807) is 0 Å². The number of carbonyl (C=O) groups excluding carboxylic acids is 1. The number of nitrogens with one attached hydrogen (secondary N) is 1. The number of hydrogen-bond donors (Lipinski definition) is 2. The maximum atomic E-state index is 12.1. The molecule has 1 aliphatic rings. The standard InChI is InChI=1S/C16H22N2OS/c1-11-5-4-8-13(15(11)16(17)20)18-14(19)10-9-12-6-2-3-7-12/h4-5,8,12H,2-3,6-7,9-10H2,1H3,(H2,17,20)(H,18,19). The normalized spacial score (nSPS) is 15.2. The summed E-state index contributed by atoms with van der Waals surface area (Å²) in [5, 5.41) is 2.95. The maximum absolute atomic E-state index is 12.1. The molecule has 0 heterocycles. The lowest BCUT2D eigenvalue weighted by molar-refractivity contribution is -0.116. The Hall–Kier alpha value is -1.42. The van der Waals surface area contributed by atoms with Gasteiger partial charge in [-0.05, 0) is 30.9 Å². The minimum Gasteiger partial charge on any atom is -0.389 e. The molecule has 0 aliphatic heterocycles. The number of anilines is 1. The van der Waals surface area contributed by atoms with Crippen LogP contribution in [0.1, 0.15) is 49.7 Å². The lowest BCUT2D eigenvalue weighted by Gasteiger charge is -2.13. The Morgan fingerprint density at radius 1 is 1.40 bits per heavy atom. The van der Waals surface area contributed by atoms with Crippen LogP contribution >= 0.6 is 12.2 Å². The quantitative estimate of drug-likeness (QED) is 0.816. The van der Waals surface area contributed by atoms with Gasteiger partial charge in [0.25, 0.3) is 0 Å². The Labute approximate surface area is 125 Å². The third kappa shape index (κ3) is 3.79. The summed E-state index contributed by atoms with van der Waals surface area (Å²) < 4.78 is 0. The van der Waals surface area contributed by atoms with Crippen molar-refractivity contribution in [2.45, 2.75) is 45.4 Å². The highest BCUT2D eigenvalue weighted by molar-refractivity contribution is 7.80. The van der Waals surface area contributed by atoms with Gasteiger partial charge in [0.05, 0.1) is 5.69 Å². The van der Waals surface area contributed by atoms with Crippen LogP contribution in [0.4, 0.5) is 5.69 Å². The lowest BCUT2D eigenvalue weighted by atomic mass is 10.0. The molecule has 3 nitrogen and oxygen atoms in total. The summed E-state index contributed by atoms with van der Waals surface area (Å²) in [4.78, 5) is 12.4. The first-order valence-corrected chi connectivity index (χ1v) is 7.68. The second kappa shape index (κ2) is 6.84. The number of rotatable bonds is 5. The number of aryl methyl sites for hydroxylation is 1. The Bertz CT molecular complexity index is 507. The van der Waals surface area contributed by atoms with Crippen molar-refractivity contribution in [1.82, 2.24) is 0 Å². The van der Waals surface area contributed by atoms with Crippen molar-refractivity contribution in [3.05, 3.63) is 29.3 Å². The van der Waals surface area contributed by atoms with Gasteiger partial charge in [-0.25, -0.2) is 0 Å². The first-order valence-electron chi connectivity index (χ1n) is 7.27. The Kier molecular flexibility index (Phi) is 5.12. The van der Waals surface area contributed by atoms with Crippen molar-refractivity contribution in [3.8, 4) is 0 Å². The van der Waals surface area contributed by atoms with Crippen LogP contribution in [-0.4, -0.2) is 10.9 Å². The third-order valence-electron chi connectivity index (χ3n) is 4.05. The van der Waals surface area contributed by atoms with Crippen LogP contribution in [0.15, 0.2) is 18.2 Å². The average molecular weight is 290 g/mol. The molecular weight excluding hydrogens is 268 g/mol. The van der Waals surface area contributed by atoms with Gasteiger partial charge in [0.2, 0.25) is 5.91 Å². The van der Waals surface area contributed by atoms with Gasteiger partial charge in [0, 0.05) is 12.0 Å². The van der Waals surface area contributed by atoms with Crippen molar-refractivity contribution in [1.29, 1.82) is 0 Å². The Morgan fingerprint density at radius 3 is 2.75 bits per heavy atom. The van der Waals surface area contributed by atoms with Crippen LogP contribution in [-0.2, 0) is 4.79 Å². The van der Waals surface area contributed by atoms with E-state index in [9.17, 15) is 4.79 Å². The van der Waals surface area contributed by atoms with Gasteiger partial charge < -0.3 is 11.1 Å².